The number of aromatic nitrogens is 1. The molecule has 1 aromatic heterocycles. The highest BCUT2D eigenvalue weighted by Crippen LogP contribution is 2.11. The highest BCUT2D eigenvalue weighted by Gasteiger charge is 1.99. The second-order valence-corrected chi connectivity index (χ2v) is 5.68. The molecule has 0 amide bonds. The predicted octanol–water partition coefficient (Wildman–Crippen LogP) is 4.97. The number of pyridine rings is 1. The van der Waals surface area contributed by atoms with E-state index in [1.807, 2.05) is 30.4 Å². The first kappa shape index (κ1) is 16.4. The summed E-state index contributed by atoms with van der Waals surface area (Å²) in [5.41, 5.74) is 0.872. The lowest BCUT2D eigenvalue weighted by Crippen LogP contribution is -2.01. The van der Waals surface area contributed by atoms with Gasteiger partial charge in [-0.25, -0.2) is 4.98 Å². The molecule has 0 aliphatic heterocycles. The fraction of sp³-hybridized carbons (Fsp3) is 0.562. The van der Waals surface area contributed by atoms with Gasteiger partial charge in [-0.1, -0.05) is 57.6 Å². The molecule has 19 heavy (non-hydrogen) atoms. The van der Waals surface area contributed by atoms with E-state index in [-0.39, 0.29) is 6.10 Å². The van der Waals surface area contributed by atoms with Crippen molar-refractivity contribution < 1.29 is 5.11 Å². The van der Waals surface area contributed by atoms with E-state index in [1.54, 1.807) is 0 Å². The van der Waals surface area contributed by atoms with Gasteiger partial charge in [-0.3, -0.25) is 0 Å². The summed E-state index contributed by atoms with van der Waals surface area (Å²) in [6.45, 7) is 2.23. The number of halogens is 1. The van der Waals surface area contributed by atoms with Gasteiger partial charge in [0, 0.05) is 0 Å². The Hall–Kier alpha value is -0.670. The summed E-state index contributed by atoms with van der Waals surface area (Å²) in [5, 5.41) is 9.86. The van der Waals surface area contributed by atoms with Gasteiger partial charge in [0.05, 0.1) is 11.8 Å². The molecule has 1 atom stereocenters. The first-order valence-corrected chi connectivity index (χ1v) is 8.00. The largest absolute Gasteiger partial charge is 0.389 e. The summed E-state index contributed by atoms with van der Waals surface area (Å²) in [5.74, 6) is 0. The van der Waals surface area contributed by atoms with E-state index in [1.165, 1.54) is 32.1 Å². The summed E-state index contributed by atoms with van der Waals surface area (Å²) in [4.78, 5) is 4.29. The molecule has 1 aromatic rings. The first-order valence-electron chi connectivity index (χ1n) is 7.21. The Morgan fingerprint density at radius 1 is 1.21 bits per heavy atom. The van der Waals surface area contributed by atoms with Gasteiger partial charge < -0.3 is 5.11 Å². The Labute approximate surface area is 125 Å². The summed E-state index contributed by atoms with van der Waals surface area (Å²) < 4.78 is 0.820. The van der Waals surface area contributed by atoms with Crippen LogP contribution in [0.15, 0.2) is 28.9 Å². The normalized spacial score (nSPS) is 13.0. The van der Waals surface area contributed by atoms with E-state index in [2.05, 4.69) is 27.8 Å². The van der Waals surface area contributed by atoms with Crippen molar-refractivity contribution in [1.82, 2.24) is 4.98 Å². The van der Waals surface area contributed by atoms with Crippen LogP contribution >= 0.6 is 15.9 Å². The van der Waals surface area contributed by atoms with Crippen LogP contribution in [0.5, 0.6) is 0 Å². The molecule has 0 fully saturated rings. The number of aliphatic hydroxyl groups excluding tert-OH is 1. The molecule has 0 saturated heterocycles. The van der Waals surface area contributed by atoms with E-state index in [9.17, 15) is 5.11 Å². The zero-order chi connectivity index (χ0) is 13.9. The molecule has 1 N–H and O–H groups in total. The van der Waals surface area contributed by atoms with Crippen LogP contribution in [0.4, 0.5) is 0 Å². The third kappa shape index (κ3) is 8.17. The molecule has 1 rings (SSSR count). The minimum Gasteiger partial charge on any atom is -0.389 e. The van der Waals surface area contributed by atoms with E-state index in [0.717, 1.165) is 23.1 Å². The Bertz CT molecular complexity index is 379. The second-order valence-electron chi connectivity index (χ2n) is 4.87. The summed E-state index contributed by atoms with van der Waals surface area (Å²) in [6.07, 6.45) is 11.8. The highest BCUT2D eigenvalue weighted by atomic mass is 79.9. The maximum Gasteiger partial charge on any atom is 0.106 e. The summed E-state index contributed by atoms with van der Waals surface area (Å²) in [7, 11) is 0. The van der Waals surface area contributed by atoms with Crippen molar-refractivity contribution >= 4 is 22.0 Å². The average molecular weight is 326 g/mol. The van der Waals surface area contributed by atoms with Crippen molar-refractivity contribution in [2.75, 3.05) is 0 Å². The Kier molecular flexibility index (Phi) is 8.76. The van der Waals surface area contributed by atoms with Crippen molar-refractivity contribution in [1.29, 1.82) is 0 Å². The van der Waals surface area contributed by atoms with Crippen molar-refractivity contribution in [3.63, 3.8) is 0 Å². The Morgan fingerprint density at radius 2 is 1.95 bits per heavy atom. The Balaban J connectivity index is 2.18. The fourth-order valence-corrected chi connectivity index (χ4v) is 2.31. The molecule has 1 unspecified atom stereocenters. The molecule has 0 aliphatic carbocycles. The van der Waals surface area contributed by atoms with Gasteiger partial charge in [0.15, 0.2) is 0 Å². The number of hydrogen-bond acceptors (Lipinski definition) is 2. The molecule has 106 valence electrons. The van der Waals surface area contributed by atoms with Crippen LogP contribution in [0.1, 0.15) is 57.6 Å². The number of aliphatic hydroxyl groups is 1. The third-order valence-electron chi connectivity index (χ3n) is 3.08. The number of rotatable bonds is 9. The molecule has 3 heteroatoms. The zero-order valence-corrected chi connectivity index (χ0v) is 13.3. The molecule has 0 aromatic carbocycles. The lowest BCUT2D eigenvalue weighted by molar-refractivity contribution is 0.208. The van der Waals surface area contributed by atoms with Gasteiger partial charge in [-0.15, -0.1) is 0 Å². The van der Waals surface area contributed by atoms with Gasteiger partial charge in [-0.05, 0) is 40.6 Å². The monoisotopic (exact) mass is 325 g/mol. The standard InChI is InChI=1S/C16H24BrNO/c1-2-3-4-5-6-7-10-15(19)13-12-14-9-8-11-16(17)18-14/h8-9,11-13,15,19H,2-7,10H2,1H3. The van der Waals surface area contributed by atoms with E-state index in [0.29, 0.717) is 0 Å². The predicted molar refractivity (Wildman–Crippen MR) is 85.0 cm³/mol. The molecule has 0 spiro atoms. The quantitative estimate of drug-likeness (QED) is 0.513. The third-order valence-corrected chi connectivity index (χ3v) is 3.52. The van der Waals surface area contributed by atoms with Crippen LogP contribution < -0.4 is 0 Å². The maximum atomic E-state index is 9.86. The van der Waals surface area contributed by atoms with Crippen LogP contribution in [0.25, 0.3) is 6.08 Å². The molecule has 0 saturated carbocycles. The maximum absolute atomic E-state index is 9.86. The SMILES string of the molecule is CCCCCCCCC(O)C=Cc1cccc(Br)n1. The second kappa shape index (κ2) is 10.2. The topological polar surface area (TPSA) is 33.1 Å². The summed E-state index contributed by atoms with van der Waals surface area (Å²) in [6, 6.07) is 5.76. The summed E-state index contributed by atoms with van der Waals surface area (Å²) >= 11 is 3.33. The van der Waals surface area contributed by atoms with Crippen LogP contribution in [0.2, 0.25) is 0 Å². The lowest BCUT2D eigenvalue weighted by atomic mass is 10.1. The zero-order valence-electron chi connectivity index (χ0n) is 11.7. The van der Waals surface area contributed by atoms with Gasteiger partial charge in [0.2, 0.25) is 0 Å². The molecule has 0 radical (unpaired) electrons. The van der Waals surface area contributed by atoms with E-state index >= 15 is 0 Å². The molecule has 2 nitrogen and oxygen atoms in total. The van der Waals surface area contributed by atoms with Crippen LogP contribution in [0, 0.1) is 0 Å². The van der Waals surface area contributed by atoms with Crippen molar-refractivity contribution in [3.8, 4) is 0 Å². The van der Waals surface area contributed by atoms with Crippen molar-refractivity contribution in [2.24, 2.45) is 0 Å². The number of hydrogen-bond donors (Lipinski definition) is 1. The molecule has 0 bridgehead atoms. The molecule has 0 aliphatic rings. The van der Waals surface area contributed by atoms with Crippen LogP contribution in [-0.4, -0.2) is 16.2 Å². The smallest absolute Gasteiger partial charge is 0.106 e. The minimum absolute atomic E-state index is 0.355. The van der Waals surface area contributed by atoms with Gasteiger partial charge >= 0.3 is 0 Å². The van der Waals surface area contributed by atoms with Crippen LogP contribution in [-0.2, 0) is 0 Å². The fourth-order valence-electron chi connectivity index (χ4n) is 1.96. The molecular weight excluding hydrogens is 302 g/mol. The molecule has 1 heterocycles. The minimum atomic E-state index is -0.355. The lowest BCUT2D eigenvalue weighted by Gasteiger charge is -2.05. The van der Waals surface area contributed by atoms with Gasteiger partial charge in [0.1, 0.15) is 4.60 Å². The van der Waals surface area contributed by atoms with E-state index in [4.69, 9.17) is 0 Å². The van der Waals surface area contributed by atoms with E-state index < -0.39 is 0 Å². The van der Waals surface area contributed by atoms with Crippen molar-refractivity contribution in [3.05, 3.63) is 34.6 Å². The number of unbranched alkanes of at least 4 members (excludes halogenated alkanes) is 5. The van der Waals surface area contributed by atoms with Crippen LogP contribution in [0.3, 0.4) is 0 Å². The highest BCUT2D eigenvalue weighted by molar-refractivity contribution is 9.10. The van der Waals surface area contributed by atoms with Crippen molar-refractivity contribution in [2.45, 2.75) is 58.0 Å². The molecular formula is C16H24BrNO. The van der Waals surface area contributed by atoms with Gasteiger partial charge in [-0.2, -0.15) is 0 Å². The van der Waals surface area contributed by atoms with Gasteiger partial charge in [0.25, 0.3) is 0 Å². The Morgan fingerprint density at radius 3 is 2.68 bits per heavy atom. The average Bonchev–Trinajstić information content (AvgIpc) is 2.40. The first-order chi connectivity index (χ1) is 9.22. The number of nitrogens with zero attached hydrogens (tertiary/aromatic N) is 1.